The number of aromatic nitrogens is 2. The Morgan fingerprint density at radius 1 is 1.32 bits per heavy atom. The molecule has 2 aromatic rings. The zero-order valence-corrected chi connectivity index (χ0v) is 10.9. The molecule has 0 unspecified atom stereocenters. The van der Waals surface area contributed by atoms with Crippen LogP contribution in [0.1, 0.15) is 23.6 Å². The van der Waals surface area contributed by atoms with Gasteiger partial charge in [-0.3, -0.25) is 14.3 Å². The largest absolute Gasteiger partial charge is 0.328 e. The second-order valence-electron chi connectivity index (χ2n) is 4.48. The molecule has 2 rings (SSSR count). The summed E-state index contributed by atoms with van der Waals surface area (Å²) in [6.07, 6.45) is 2.20. The van der Waals surface area contributed by atoms with Gasteiger partial charge in [0.05, 0.1) is 6.54 Å². The molecule has 1 aromatic carbocycles. The van der Waals surface area contributed by atoms with E-state index in [9.17, 15) is 14.0 Å². The predicted molar refractivity (Wildman–Crippen MR) is 70.9 cm³/mol. The van der Waals surface area contributed by atoms with E-state index in [4.69, 9.17) is 0 Å². The van der Waals surface area contributed by atoms with Crippen molar-refractivity contribution in [1.29, 1.82) is 0 Å². The molecule has 0 saturated heterocycles. The Kier molecular flexibility index (Phi) is 3.64. The van der Waals surface area contributed by atoms with Crippen molar-refractivity contribution in [2.24, 2.45) is 0 Å². The highest BCUT2D eigenvalue weighted by Crippen LogP contribution is 2.11. The molecule has 0 radical (unpaired) electrons. The molecule has 19 heavy (non-hydrogen) atoms. The first-order valence-corrected chi connectivity index (χ1v) is 6.09. The molecular weight excluding hydrogens is 247 g/mol. The number of benzene rings is 1. The maximum atomic E-state index is 13.8. The standard InChI is InChI=1S/C14H15FN2O2/c1-3-10-4-5-11(12(15)6-10)8-17-7-9(2)13(18)16-14(17)19/h4-7H,3,8H2,1-2H3,(H,16,18,19). The third kappa shape index (κ3) is 2.81. The number of nitrogens with zero attached hydrogens (tertiary/aromatic N) is 1. The highest BCUT2D eigenvalue weighted by molar-refractivity contribution is 5.24. The first kappa shape index (κ1) is 13.3. The first-order valence-electron chi connectivity index (χ1n) is 6.09. The topological polar surface area (TPSA) is 54.9 Å². The van der Waals surface area contributed by atoms with E-state index < -0.39 is 11.2 Å². The molecular formula is C14H15FN2O2. The molecule has 5 heteroatoms. The highest BCUT2D eigenvalue weighted by Gasteiger charge is 2.06. The lowest BCUT2D eigenvalue weighted by molar-refractivity contribution is 0.590. The predicted octanol–water partition coefficient (Wildman–Crippen LogP) is 1.59. The SMILES string of the molecule is CCc1ccc(Cn2cc(C)c(=O)[nH]c2=O)c(F)c1. The van der Waals surface area contributed by atoms with Gasteiger partial charge in [-0.05, 0) is 25.0 Å². The smallest absolute Gasteiger partial charge is 0.296 e. The van der Waals surface area contributed by atoms with Gasteiger partial charge in [0.15, 0.2) is 0 Å². The minimum atomic E-state index is -0.533. The molecule has 0 aliphatic carbocycles. The maximum Gasteiger partial charge on any atom is 0.328 e. The quantitative estimate of drug-likeness (QED) is 0.913. The fourth-order valence-corrected chi connectivity index (χ4v) is 1.86. The Labute approximate surface area is 109 Å². The Morgan fingerprint density at radius 2 is 2.05 bits per heavy atom. The van der Waals surface area contributed by atoms with Gasteiger partial charge < -0.3 is 0 Å². The second-order valence-corrected chi connectivity index (χ2v) is 4.48. The fraction of sp³-hybridized carbons (Fsp3) is 0.286. The van der Waals surface area contributed by atoms with Crippen LogP contribution in [0.4, 0.5) is 4.39 Å². The molecule has 1 N–H and O–H groups in total. The lowest BCUT2D eigenvalue weighted by atomic mass is 10.1. The van der Waals surface area contributed by atoms with Gasteiger partial charge in [0, 0.05) is 17.3 Å². The van der Waals surface area contributed by atoms with Crippen LogP contribution < -0.4 is 11.2 Å². The summed E-state index contributed by atoms with van der Waals surface area (Å²) >= 11 is 0. The summed E-state index contributed by atoms with van der Waals surface area (Å²) in [7, 11) is 0. The van der Waals surface area contributed by atoms with E-state index in [0.29, 0.717) is 11.1 Å². The van der Waals surface area contributed by atoms with Crippen LogP contribution in [-0.2, 0) is 13.0 Å². The van der Waals surface area contributed by atoms with Gasteiger partial charge in [-0.2, -0.15) is 0 Å². The van der Waals surface area contributed by atoms with Gasteiger partial charge in [-0.15, -0.1) is 0 Å². The zero-order valence-electron chi connectivity index (χ0n) is 10.9. The van der Waals surface area contributed by atoms with E-state index in [0.717, 1.165) is 12.0 Å². The molecule has 0 atom stereocenters. The van der Waals surface area contributed by atoms with E-state index in [1.54, 1.807) is 13.0 Å². The summed E-state index contributed by atoms with van der Waals surface area (Å²) in [5, 5.41) is 0. The Balaban J connectivity index is 2.39. The van der Waals surface area contributed by atoms with Crippen molar-refractivity contribution in [3.63, 3.8) is 0 Å². The van der Waals surface area contributed by atoms with Crippen LogP contribution in [-0.4, -0.2) is 9.55 Å². The second kappa shape index (κ2) is 5.22. The Hall–Kier alpha value is -2.17. The molecule has 1 aromatic heterocycles. The average Bonchev–Trinajstić information content (AvgIpc) is 2.38. The molecule has 1 heterocycles. The van der Waals surface area contributed by atoms with Crippen molar-refractivity contribution in [3.05, 3.63) is 67.7 Å². The van der Waals surface area contributed by atoms with E-state index in [2.05, 4.69) is 4.98 Å². The zero-order chi connectivity index (χ0) is 14.0. The monoisotopic (exact) mass is 262 g/mol. The molecule has 0 fully saturated rings. The number of aromatic amines is 1. The summed E-state index contributed by atoms with van der Waals surface area (Å²) in [5.41, 5.74) is 0.805. The fourth-order valence-electron chi connectivity index (χ4n) is 1.86. The van der Waals surface area contributed by atoms with Crippen molar-refractivity contribution in [2.45, 2.75) is 26.8 Å². The van der Waals surface area contributed by atoms with Crippen LogP contribution in [0.25, 0.3) is 0 Å². The number of halogens is 1. The van der Waals surface area contributed by atoms with Gasteiger partial charge in [-0.1, -0.05) is 19.1 Å². The third-order valence-electron chi connectivity index (χ3n) is 3.06. The molecule has 0 aliphatic heterocycles. The number of hydrogen-bond donors (Lipinski definition) is 1. The number of aryl methyl sites for hydroxylation is 2. The molecule has 0 aliphatic rings. The molecule has 0 spiro atoms. The molecule has 0 bridgehead atoms. The highest BCUT2D eigenvalue weighted by atomic mass is 19.1. The van der Waals surface area contributed by atoms with Crippen molar-refractivity contribution >= 4 is 0 Å². The van der Waals surface area contributed by atoms with Crippen LogP contribution in [0, 0.1) is 12.7 Å². The van der Waals surface area contributed by atoms with Crippen molar-refractivity contribution in [1.82, 2.24) is 9.55 Å². The van der Waals surface area contributed by atoms with E-state index in [1.165, 1.54) is 16.8 Å². The minimum Gasteiger partial charge on any atom is -0.296 e. The van der Waals surface area contributed by atoms with Gasteiger partial charge in [0.25, 0.3) is 5.56 Å². The van der Waals surface area contributed by atoms with Gasteiger partial charge in [0.1, 0.15) is 5.82 Å². The van der Waals surface area contributed by atoms with Crippen LogP contribution in [0.5, 0.6) is 0 Å². The van der Waals surface area contributed by atoms with Crippen LogP contribution in [0.2, 0.25) is 0 Å². The van der Waals surface area contributed by atoms with E-state index in [-0.39, 0.29) is 12.4 Å². The summed E-state index contributed by atoms with van der Waals surface area (Å²) in [6.45, 7) is 3.65. The van der Waals surface area contributed by atoms with E-state index >= 15 is 0 Å². The number of hydrogen-bond acceptors (Lipinski definition) is 2. The number of nitrogens with one attached hydrogen (secondary N) is 1. The van der Waals surface area contributed by atoms with Crippen LogP contribution in [0.3, 0.4) is 0 Å². The van der Waals surface area contributed by atoms with Crippen molar-refractivity contribution < 1.29 is 4.39 Å². The van der Waals surface area contributed by atoms with Gasteiger partial charge in [0.2, 0.25) is 0 Å². The van der Waals surface area contributed by atoms with Crippen LogP contribution in [0.15, 0.2) is 34.0 Å². The summed E-state index contributed by atoms with van der Waals surface area (Å²) in [4.78, 5) is 25.1. The van der Waals surface area contributed by atoms with E-state index in [1.807, 2.05) is 13.0 Å². The first-order chi connectivity index (χ1) is 9.01. The Bertz CT molecular complexity index is 716. The number of rotatable bonds is 3. The minimum absolute atomic E-state index is 0.103. The summed E-state index contributed by atoms with van der Waals surface area (Å²) in [6, 6.07) is 4.97. The van der Waals surface area contributed by atoms with Gasteiger partial charge >= 0.3 is 5.69 Å². The normalized spacial score (nSPS) is 10.7. The van der Waals surface area contributed by atoms with Gasteiger partial charge in [-0.25, -0.2) is 9.18 Å². The van der Waals surface area contributed by atoms with Crippen LogP contribution >= 0.6 is 0 Å². The lowest BCUT2D eigenvalue weighted by Gasteiger charge is -2.08. The van der Waals surface area contributed by atoms with Crippen molar-refractivity contribution in [2.75, 3.05) is 0 Å². The molecule has 0 saturated carbocycles. The Morgan fingerprint density at radius 3 is 2.68 bits per heavy atom. The average molecular weight is 262 g/mol. The maximum absolute atomic E-state index is 13.8. The summed E-state index contributed by atoms with van der Waals surface area (Å²) < 4.78 is 15.1. The lowest BCUT2D eigenvalue weighted by Crippen LogP contribution is -2.31. The third-order valence-corrected chi connectivity index (χ3v) is 3.06. The molecule has 0 amide bonds. The van der Waals surface area contributed by atoms with Crippen molar-refractivity contribution in [3.8, 4) is 0 Å². The molecule has 100 valence electrons. The molecule has 4 nitrogen and oxygen atoms in total. The summed E-state index contributed by atoms with van der Waals surface area (Å²) in [5.74, 6) is -0.338. The number of H-pyrrole nitrogens is 1.